The van der Waals surface area contributed by atoms with Gasteiger partial charge < -0.3 is 19.5 Å². The zero-order chi connectivity index (χ0) is 13.3. The van der Waals surface area contributed by atoms with Gasteiger partial charge in [0.2, 0.25) is 6.29 Å². The van der Waals surface area contributed by atoms with Gasteiger partial charge >= 0.3 is 12.1 Å². The van der Waals surface area contributed by atoms with E-state index >= 15 is 0 Å². The van der Waals surface area contributed by atoms with Gasteiger partial charge in [-0.15, -0.1) is 0 Å². The van der Waals surface area contributed by atoms with E-state index in [1.165, 1.54) is 7.11 Å². The Balaban J connectivity index is 2.65. The molecule has 0 saturated carbocycles. The summed E-state index contributed by atoms with van der Waals surface area (Å²) in [5, 5.41) is 2.43. The number of ether oxygens (including phenoxy) is 3. The first-order chi connectivity index (χ1) is 7.69. The quantitative estimate of drug-likeness (QED) is 0.736. The van der Waals surface area contributed by atoms with Crippen LogP contribution < -0.4 is 5.32 Å². The molecule has 0 aromatic rings. The van der Waals surface area contributed by atoms with Crippen LogP contribution in [0.15, 0.2) is 0 Å². The molecule has 1 rings (SSSR count). The van der Waals surface area contributed by atoms with E-state index in [0.717, 1.165) is 0 Å². The average molecular weight is 245 g/mol. The minimum Gasteiger partial charge on any atom is -0.453 e. The summed E-state index contributed by atoms with van der Waals surface area (Å²) >= 11 is 0. The molecule has 0 unspecified atom stereocenters. The van der Waals surface area contributed by atoms with Crippen LogP contribution in [0, 0.1) is 5.41 Å². The van der Waals surface area contributed by atoms with Crippen LogP contribution >= 0.6 is 0 Å². The Morgan fingerprint density at radius 3 is 2.53 bits per heavy atom. The molecule has 98 valence electrons. The van der Waals surface area contributed by atoms with Crippen molar-refractivity contribution in [3.8, 4) is 0 Å². The fourth-order valence-corrected chi connectivity index (χ4v) is 1.31. The summed E-state index contributed by atoms with van der Waals surface area (Å²) < 4.78 is 15.2. The molecule has 17 heavy (non-hydrogen) atoms. The van der Waals surface area contributed by atoms with Gasteiger partial charge in [0, 0.05) is 5.41 Å². The van der Waals surface area contributed by atoms with E-state index in [2.05, 4.69) is 10.1 Å². The smallest absolute Gasteiger partial charge is 0.406 e. The summed E-state index contributed by atoms with van der Waals surface area (Å²) in [4.78, 5) is 22.7. The molecule has 0 aromatic heterocycles. The van der Waals surface area contributed by atoms with E-state index in [-0.39, 0.29) is 12.0 Å². The van der Waals surface area contributed by atoms with Crippen molar-refractivity contribution in [1.29, 1.82) is 0 Å². The predicted molar refractivity (Wildman–Crippen MR) is 59.2 cm³/mol. The van der Waals surface area contributed by atoms with Gasteiger partial charge in [0.15, 0.2) is 5.60 Å². The van der Waals surface area contributed by atoms with Gasteiger partial charge in [0.25, 0.3) is 0 Å². The van der Waals surface area contributed by atoms with Crippen molar-refractivity contribution in [3.05, 3.63) is 0 Å². The van der Waals surface area contributed by atoms with Crippen LogP contribution in [0.4, 0.5) is 4.79 Å². The molecule has 0 spiro atoms. The average Bonchev–Trinajstić information content (AvgIpc) is 2.52. The normalized spacial score (nSPS) is 28.8. The lowest BCUT2D eigenvalue weighted by Gasteiger charge is -2.26. The number of esters is 1. The zero-order valence-electron chi connectivity index (χ0n) is 10.8. The highest BCUT2D eigenvalue weighted by atomic mass is 16.8. The first-order valence-corrected chi connectivity index (χ1v) is 5.40. The summed E-state index contributed by atoms with van der Waals surface area (Å²) in [6.45, 7) is 7.32. The van der Waals surface area contributed by atoms with Gasteiger partial charge in [-0.2, -0.15) is 0 Å². The maximum atomic E-state index is 11.7. The first kappa shape index (κ1) is 13.8. The van der Waals surface area contributed by atoms with E-state index in [1.54, 1.807) is 6.92 Å². The second-order valence-electron chi connectivity index (χ2n) is 5.30. The second-order valence-corrected chi connectivity index (χ2v) is 5.30. The van der Waals surface area contributed by atoms with Crippen molar-refractivity contribution in [2.45, 2.75) is 39.6 Å². The molecular formula is C11H19NO5. The highest BCUT2D eigenvalue weighted by Crippen LogP contribution is 2.34. The van der Waals surface area contributed by atoms with Gasteiger partial charge in [-0.05, 0) is 6.92 Å². The van der Waals surface area contributed by atoms with E-state index in [1.807, 2.05) is 20.8 Å². The van der Waals surface area contributed by atoms with Crippen LogP contribution in [-0.2, 0) is 19.0 Å². The van der Waals surface area contributed by atoms with E-state index in [4.69, 9.17) is 9.47 Å². The predicted octanol–water partition coefficient (Wildman–Crippen LogP) is 1.05. The molecule has 6 heteroatoms. The number of nitrogens with one attached hydrogen (secondary N) is 1. The number of alkyl carbamates (subject to hydrolysis) is 1. The fraction of sp³-hybridized carbons (Fsp3) is 0.818. The molecule has 1 N–H and O–H groups in total. The Morgan fingerprint density at radius 1 is 1.53 bits per heavy atom. The van der Waals surface area contributed by atoms with Crippen LogP contribution in [0.3, 0.4) is 0 Å². The minimum atomic E-state index is -1.16. The number of hydrogen-bond acceptors (Lipinski definition) is 5. The molecule has 1 fully saturated rings. The number of methoxy groups -OCH3 is 1. The van der Waals surface area contributed by atoms with Crippen molar-refractivity contribution in [1.82, 2.24) is 5.32 Å². The Hall–Kier alpha value is -1.30. The lowest BCUT2D eigenvalue weighted by Crippen LogP contribution is -2.45. The largest absolute Gasteiger partial charge is 0.453 e. The molecule has 0 aromatic carbocycles. The van der Waals surface area contributed by atoms with Crippen molar-refractivity contribution in [2.24, 2.45) is 5.41 Å². The molecular weight excluding hydrogens is 226 g/mol. The molecule has 0 bridgehead atoms. The fourth-order valence-electron chi connectivity index (χ4n) is 1.31. The van der Waals surface area contributed by atoms with Crippen LogP contribution in [-0.4, -0.2) is 37.6 Å². The molecule has 1 aliphatic rings. The molecule has 6 nitrogen and oxygen atoms in total. The number of amides is 1. The Bertz CT molecular complexity index is 322. The van der Waals surface area contributed by atoms with Gasteiger partial charge in [0.05, 0.1) is 13.7 Å². The third-order valence-corrected chi connectivity index (χ3v) is 2.48. The molecule has 1 amide bonds. The lowest BCUT2D eigenvalue weighted by atomic mass is 9.96. The Morgan fingerprint density at radius 2 is 2.12 bits per heavy atom. The Kier molecular flexibility index (Phi) is 3.66. The maximum absolute atomic E-state index is 11.7. The number of carbonyl (C=O) groups excluding carboxylic acids is 2. The van der Waals surface area contributed by atoms with Crippen LogP contribution in [0.2, 0.25) is 0 Å². The minimum absolute atomic E-state index is 0.0189. The summed E-state index contributed by atoms with van der Waals surface area (Å²) in [7, 11) is 1.25. The van der Waals surface area contributed by atoms with E-state index in [9.17, 15) is 9.59 Å². The monoisotopic (exact) mass is 245 g/mol. The number of rotatable bonds is 2. The highest BCUT2D eigenvalue weighted by Gasteiger charge is 2.50. The van der Waals surface area contributed by atoms with Crippen molar-refractivity contribution in [3.63, 3.8) is 0 Å². The SMILES string of the molecule is COC(=O)NC[C@]1(C)O[C@H](C(C)(C)C)OC1=O. The van der Waals surface area contributed by atoms with Crippen LogP contribution in [0.5, 0.6) is 0 Å². The first-order valence-electron chi connectivity index (χ1n) is 5.40. The number of cyclic esters (lactones) is 1. The van der Waals surface area contributed by atoms with Gasteiger partial charge in [-0.1, -0.05) is 20.8 Å². The van der Waals surface area contributed by atoms with Gasteiger partial charge in [-0.25, -0.2) is 9.59 Å². The molecule has 0 radical (unpaired) electrons. The summed E-state index contributed by atoms with van der Waals surface area (Å²) in [6, 6.07) is 0. The third-order valence-electron chi connectivity index (χ3n) is 2.48. The standard InChI is InChI=1S/C11H19NO5/c1-10(2,3)8-16-7(13)11(4,17-8)6-12-9(14)15-5/h8H,6H2,1-5H3,(H,12,14)/t8-,11+/m1/s1. The maximum Gasteiger partial charge on any atom is 0.406 e. The zero-order valence-corrected chi connectivity index (χ0v) is 10.8. The third kappa shape index (κ3) is 3.09. The van der Waals surface area contributed by atoms with Crippen molar-refractivity contribution in [2.75, 3.05) is 13.7 Å². The van der Waals surface area contributed by atoms with Crippen LogP contribution in [0.25, 0.3) is 0 Å². The van der Waals surface area contributed by atoms with E-state index in [0.29, 0.717) is 0 Å². The summed E-state index contributed by atoms with van der Waals surface area (Å²) in [5.41, 5.74) is -1.47. The molecule has 1 heterocycles. The lowest BCUT2D eigenvalue weighted by molar-refractivity contribution is -0.155. The number of carbonyl (C=O) groups is 2. The van der Waals surface area contributed by atoms with Gasteiger partial charge in [-0.3, -0.25) is 0 Å². The van der Waals surface area contributed by atoms with Crippen molar-refractivity contribution >= 4 is 12.1 Å². The topological polar surface area (TPSA) is 73.9 Å². The number of hydrogen-bond donors (Lipinski definition) is 1. The molecule has 1 aliphatic heterocycles. The van der Waals surface area contributed by atoms with Crippen molar-refractivity contribution < 1.29 is 23.8 Å². The molecule has 1 saturated heterocycles. The van der Waals surface area contributed by atoms with Gasteiger partial charge in [0.1, 0.15) is 0 Å². The molecule has 0 aliphatic carbocycles. The van der Waals surface area contributed by atoms with Crippen LogP contribution in [0.1, 0.15) is 27.7 Å². The van der Waals surface area contributed by atoms with E-state index < -0.39 is 24.0 Å². The highest BCUT2D eigenvalue weighted by molar-refractivity contribution is 5.82. The Labute approximate surface area is 101 Å². The summed E-state index contributed by atoms with van der Waals surface area (Å²) in [6.07, 6.45) is -1.22. The molecule has 2 atom stereocenters. The summed E-state index contributed by atoms with van der Waals surface area (Å²) in [5.74, 6) is -0.478. The second kappa shape index (κ2) is 4.52.